The number of ether oxygens (including phenoxy) is 3. The van der Waals surface area contributed by atoms with Crippen LogP contribution < -0.4 is 14.8 Å². The predicted octanol–water partition coefficient (Wildman–Crippen LogP) is 3.01. The number of hydrogen-bond acceptors (Lipinski definition) is 5. The molecule has 0 bridgehead atoms. The maximum atomic E-state index is 13.1. The molecule has 1 fully saturated rings. The van der Waals surface area contributed by atoms with Crippen molar-refractivity contribution in [3.8, 4) is 11.5 Å². The third kappa shape index (κ3) is 5.19. The number of rotatable bonds is 8. The molecule has 0 aromatic heterocycles. The SMILES string of the molecule is COc1ccc(C(CNCc2ccc(F)cc2)N2CCOCC2)cc1OC. The number of methoxy groups -OCH3 is 2. The first-order valence-corrected chi connectivity index (χ1v) is 9.20. The van der Waals surface area contributed by atoms with Crippen LogP contribution in [-0.4, -0.2) is 52.0 Å². The Morgan fingerprint density at radius 3 is 2.41 bits per heavy atom. The summed E-state index contributed by atoms with van der Waals surface area (Å²) in [5.74, 6) is 1.24. The Labute approximate surface area is 160 Å². The van der Waals surface area contributed by atoms with Gasteiger partial charge in [0.25, 0.3) is 0 Å². The molecule has 0 spiro atoms. The van der Waals surface area contributed by atoms with Gasteiger partial charge in [-0.3, -0.25) is 4.90 Å². The molecule has 1 unspecified atom stereocenters. The monoisotopic (exact) mass is 374 g/mol. The zero-order valence-corrected chi connectivity index (χ0v) is 15.9. The molecule has 0 amide bonds. The van der Waals surface area contributed by atoms with Crippen LogP contribution in [0.3, 0.4) is 0 Å². The van der Waals surface area contributed by atoms with Crippen molar-refractivity contribution in [1.82, 2.24) is 10.2 Å². The van der Waals surface area contributed by atoms with E-state index in [1.54, 1.807) is 14.2 Å². The van der Waals surface area contributed by atoms with Crippen molar-refractivity contribution in [2.24, 2.45) is 0 Å². The van der Waals surface area contributed by atoms with Crippen molar-refractivity contribution in [3.63, 3.8) is 0 Å². The van der Waals surface area contributed by atoms with E-state index in [0.29, 0.717) is 6.54 Å². The summed E-state index contributed by atoms with van der Waals surface area (Å²) in [6, 6.07) is 12.9. The molecule has 3 rings (SSSR count). The van der Waals surface area contributed by atoms with Crippen molar-refractivity contribution in [2.45, 2.75) is 12.6 Å². The molecule has 1 N–H and O–H groups in total. The van der Waals surface area contributed by atoms with Gasteiger partial charge in [0, 0.05) is 32.2 Å². The highest BCUT2D eigenvalue weighted by atomic mass is 19.1. The first-order chi connectivity index (χ1) is 13.2. The van der Waals surface area contributed by atoms with Gasteiger partial charge in [-0.15, -0.1) is 0 Å². The average molecular weight is 374 g/mol. The minimum atomic E-state index is -0.213. The lowest BCUT2D eigenvalue weighted by Crippen LogP contribution is -2.42. The normalized spacial score (nSPS) is 16.1. The maximum absolute atomic E-state index is 13.1. The van der Waals surface area contributed by atoms with E-state index in [4.69, 9.17) is 14.2 Å². The summed E-state index contributed by atoms with van der Waals surface area (Å²) in [5, 5.41) is 3.51. The van der Waals surface area contributed by atoms with E-state index in [0.717, 1.165) is 49.9 Å². The Balaban J connectivity index is 1.73. The number of morpholine rings is 1. The molecule has 1 aliphatic heterocycles. The zero-order chi connectivity index (χ0) is 19.1. The van der Waals surface area contributed by atoms with Crippen molar-refractivity contribution < 1.29 is 18.6 Å². The molecule has 1 saturated heterocycles. The summed E-state index contributed by atoms with van der Waals surface area (Å²) in [7, 11) is 3.29. The molecule has 1 aliphatic rings. The van der Waals surface area contributed by atoms with Crippen LogP contribution >= 0.6 is 0 Å². The van der Waals surface area contributed by atoms with Crippen LogP contribution in [-0.2, 0) is 11.3 Å². The largest absolute Gasteiger partial charge is 0.493 e. The quantitative estimate of drug-likeness (QED) is 0.769. The van der Waals surface area contributed by atoms with E-state index < -0.39 is 0 Å². The van der Waals surface area contributed by atoms with Gasteiger partial charge in [0.1, 0.15) is 5.82 Å². The zero-order valence-electron chi connectivity index (χ0n) is 15.9. The van der Waals surface area contributed by atoms with Crippen LogP contribution in [0.5, 0.6) is 11.5 Å². The number of halogens is 1. The van der Waals surface area contributed by atoms with Gasteiger partial charge >= 0.3 is 0 Å². The van der Waals surface area contributed by atoms with Crippen molar-refractivity contribution in [2.75, 3.05) is 47.1 Å². The number of hydrogen-bond donors (Lipinski definition) is 1. The first-order valence-electron chi connectivity index (χ1n) is 9.20. The van der Waals surface area contributed by atoms with Gasteiger partial charge in [0.05, 0.1) is 27.4 Å². The standard InChI is InChI=1S/C21H27FN2O3/c1-25-20-8-5-17(13-21(20)26-2)19(24-9-11-27-12-10-24)15-23-14-16-3-6-18(22)7-4-16/h3-8,13,19,23H,9-12,14-15H2,1-2H3. The van der Waals surface area contributed by atoms with Crippen LogP contribution in [0.1, 0.15) is 17.2 Å². The Bertz CT molecular complexity index is 718. The molecule has 6 heteroatoms. The van der Waals surface area contributed by atoms with Gasteiger partial charge in [-0.05, 0) is 35.4 Å². The first kappa shape index (κ1) is 19.6. The van der Waals surface area contributed by atoms with E-state index in [1.807, 2.05) is 24.3 Å². The van der Waals surface area contributed by atoms with Crippen LogP contribution in [0.15, 0.2) is 42.5 Å². The number of nitrogens with one attached hydrogen (secondary N) is 1. The van der Waals surface area contributed by atoms with Crippen molar-refractivity contribution in [1.29, 1.82) is 0 Å². The third-order valence-corrected chi connectivity index (χ3v) is 4.86. The van der Waals surface area contributed by atoms with Crippen LogP contribution in [0.4, 0.5) is 4.39 Å². The fourth-order valence-electron chi connectivity index (χ4n) is 3.36. The number of nitrogens with zero attached hydrogens (tertiary/aromatic N) is 1. The molecule has 5 nitrogen and oxygen atoms in total. The van der Waals surface area contributed by atoms with Crippen molar-refractivity contribution in [3.05, 3.63) is 59.4 Å². The van der Waals surface area contributed by atoms with E-state index in [-0.39, 0.29) is 11.9 Å². The molecule has 0 saturated carbocycles. The molecular weight excluding hydrogens is 347 g/mol. The van der Waals surface area contributed by atoms with E-state index >= 15 is 0 Å². The summed E-state index contributed by atoms with van der Waals surface area (Å²) in [4.78, 5) is 2.42. The van der Waals surface area contributed by atoms with E-state index in [1.165, 1.54) is 17.7 Å². The fraction of sp³-hybridized carbons (Fsp3) is 0.429. The van der Waals surface area contributed by atoms with Gasteiger partial charge in [0.15, 0.2) is 11.5 Å². The molecule has 146 valence electrons. The second kappa shape index (κ2) is 9.69. The second-order valence-electron chi connectivity index (χ2n) is 6.54. The lowest BCUT2D eigenvalue weighted by atomic mass is 10.0. The maximum Gasteiger partial charge on any atom is 0.161 e. The Hall–Kier alpha value is -2.15. The van der Waals surface area contributed by atoms with Crippen LogP contribution in [0.2, 0.25) is 0 Å². The minimum absolute atomic E-state index is 0.189. The second-order valence-corrected chi connectivity index (χ2v) is 6.54. The highest BCUT2D eigenvalue weighted by molar-refractivity contribution is 5.44. The predicted molar refractivity (Wildman–Crippen MR) is 103 cm³/mol. The van der Waals surface area contributed by atoms with Gasteiger partial charge < -0.3 is 19.5 Å². The van der Waals surface area contributed by atoms with Gasteiger partial charge in [-0.1, -0.05) is 18.2 Å². The summed E-state index contributed by atoms with van der Waals surface area (Å²) < 4.78 is 29.4. The van der Waals surface area contributed by atoms with Crippen LogP contribution in [0, 0.1) is 5.82 Å². The molecule has 27 heavy (non-hydrogen) atoms. The molecule has 1 atom stereocenters. The minimum Gasteiger partial charge on any atom is -0.493 e. The smallest absolute Gasteiger partial charge is 0.161 e. The summed E-state index contributed by atoms with van der Waals surface area (Å²) >= 11 is 0. The van der Waals surface area contributed by atoms with Crippen molar-refractivity contribution >= 4 is 0 Å². The third-order valence-electron chi connectivity index (χ3n) is 4.86. The Morgan fingerprint density at radius 2 is 1.74 bits per heavy atom. The lowest BCUT2D eigenvalue weighted by Gasteiger charge is -2.35. The lowest BCUT2D eigenvalue weighted by molar-refractivity contribution is 0.0160. The molecule has 1 heterocycles. The van der Waals surface area contributed by atoms with Gasteiger partial charge in [0.2, 0.25) is 0 Å². The van der Waals surface area contributed by atoms with Gasteiger partial charge in [-0.2, -0.15) is 0 Å². The van der Waals surface area contributed by atoms with Gasteiger partial charge in [-0.25, -0.2) is 4.39 Å². The molecule has 2 aromatic carbocycles. The van der Waals surface area contributed by atoms with Crippen LogP contribution in [0.25, 0.3) is 0 Å². The molecular formula is C21H27FN2O3. The number of benzene rings is 2. The molecule has 2 aromatic rings. The van der Waals surface area contributed by atoms with E-state index in [9.17, 15) is 4.39 Å². The highest BCUT2D eigenvalue weighted by Gasteiger charge is 2.23. The highest BCUT2D eigenvalue weighted by Crippen LogP contribution is 2.32. The summed E-state index contributed by atoms with van der Waals surface area (Å²) in [6.07, 6.45) is 0. The summed E-state index contributed by atoms with van der Waals surface area (Å²) in [5.41, 5.74) is 2.23. The Kier molecular flexibility index (Phi) is 7.04. The average Bonchev–Trinajstić information content (AvgIpc) is 2.72. The fourth-order valence-corrected chi connectivity index (χ4v) is 3.36. The Morgan fingerprint density at radius 1 is 1.04 bits per heavy atom. The molecule has 0 radical (unpaired) electrons. The van der Waals surface area contributed by atoms with E-state index in [2.05, 4.69) is 16.3 Å². The topological polar surface area (TPSA) is 43.0 Å². The molecule has 0 aliphatic carbocycles. The summed E-state index contributed by atoms with van der Waals surface area (Å²) in [6.45, 7) is 4.71.